The van der Waals surface area contributed by atoms with Gasteiger partial charge >= 0.3 is 0 Å². The average molecular weight is 271 g/mol. The normalized spacial score (nSPS) is 11.3. The third-order valence-electron chi connectivity index (χ3n) is 2.59. The van der Waals surface area contributed by atoms with Crippen LogP contribution in [0, 0.1) is 5.41 Å². The van der Waals surface area contributed by atoms with Crippen molar-refractivity contribution in [1.82, 2.24) is 0 Å². The molecule has 0 saturated heterocycles. The minimum atomic E-state index is 0.367. The number of rotatable bonds is 4. The number of benzene rings is 2. The molecular formula is C17H21NS. The molecule has 1 nitrogen and oxygen atoms in total. The molecule has 0 aliphatic heterocycles. The summed E-state index contributed by atoms with van der Waals surface area (Å²) in [5, 5.41) is 3.39. The highest BCUT2D eigenvalue weighted by Gasteiger charge is 2.10. The number of para-hydroxylation sites is 1. The molecule has 2 aromatic carbocycles. The fourth-order valence-electron chi connectivity index (χ4n) is 1.62. The van der Waals surface area contributed by atoms with Crippen molar-refractivity contribution in [3.63, 3.8) is 0 Å². The van der Waals surface area contributed by atoms with Gasteiger partial charge in [-0.15, -0.1) is 11.8 Å². The van der Waals surface area contributed by atoms with E-state index < -0.39 is 0 Å². The zero-order valence-electron chi connectivity index (χ0n) is 11.8. The molecule has 0 aliphatic carbocycles. The van der Waals surface area contributed by atoms with Gasteiger partial charge in [0.1, 0.15) is 0 Å². The van der Waals surface area contributed by atoms with Gasteiger partial charge in [-0.25, -0.2) is 0 Å². The summed E-state index contributed by atoms with van der Waals surface area (Å²) in [5.41, 5.74) is 2.62. The van der Waals surface area contributed by atoms with Crippen LogP contribution >= 0.6 is 11.8 Å². The van der Waals surface area contributed by atoms with E-state index >= 15 is 0 Å². The minimum Gasteiger partial charge on any atom is -0.356 e. The second kappa shape index (κ2) is 6.16. The van der Waals surface area contributed by atoms with E-state index in [-0.39, 0.29) is 0 Å². The van der Waals surface area contributed by atoms with Crippen molar-refractivity contribution in [3.8, 4) is 0 Å². The summed E-state index contributed by atoms with van der Waals surface area (Å²) in [6.45, 7) is 6.81. The summed E-state index contributed by atoms with van der Waals surface area (Å²) >= 11 is 1.91. The van der Waals surface area contributed by atoms with Crippen LogP contribution in [0.25, 0.3) is 0 Å². The lowest BCUT2D eigenvalue weighted by Gasteiger charge is -2.17. The number of hydrogen-bond donors (Lipinski definition) is 1. The maximum Gasteiger partial charge on any atom is 0.0385 e. The molecule has 0 unspecified atom stereocenters. The number of nitrogens with one attached hydrogen (secondary N) is 1. The topological polar surface area (TPSA) is 12.0 Å². The Morgan fingerprint density at radius 1 is 0.842 bits per heavy atom. The van der Waals surface area contributed by atoms with E-state index in [1.807, 2.05) is 30.0 Å². The monoisotopic (exact) mass is 271 g/mol. The van der Waals surface area contributed by atoms with Gasteiger partial charge in [0.2, 0.25) is 0 Å². The molecule has 0 aliphatic rings. The molecule has 1 N–H and O–H groups in total. The van der Waals surface area contributed by atoms with Crippen molar-refractivity contribution in [2.24, 2.45) is 5.41 Å². The summed E-state index contributed by atoms with van der Waals surface area (Å²) in [7, 11) is 0. The van der Waals surface area contributed by atoms with Crippen LogP contribution in [-0.2, 0) is 0 Å². The number of thioether (sulfide) groups is 1. The quantitative estimate of drug-likeness (QED) is 0.730. The molecule has 2 aromatic rings. The van der Waals surface area contributed by atoms with Crippen molar-refractivity contribution in [3.05, 3.63) is 54.6 Å². The Balaban J connectivity index is 1.95. The van der Waals surface area contributed by atoms with Crippen LogP contribution in [0.15, 0.2) is 59.5 Å². The standard InChI is InChI=1S/C17H21NS/c1-17(2,3)13-19-16-11-9-15(10-12-16)18-14-7-5-4-6-8-14/h4-12,18H,13H2,1-3H3. The molecule has 0 bridgehead atoms. The summed E-state index contributed by atoms with van der Waals surface area (Å²) in [4.78, 5) is 1.33. The summed E-state index contributed by atoms with van der Waals surface area (Å²) < 4.78 is 0. The van der Waals surface area contributed by atoms with Gasteiger partial charge in [0.15, 0.2) is 0 Å². The SMILES string of the molecule is CC(C)(C)CSc1ccc(Nc2ccccc2)cc1. The molecule has 0 heterocycles. The first kappa shape index (κ1) is 14.0. The Morgan fingerprint density at radius 3 is 2.00 bits per heavy atom. The van der Waals surface area contributed by atoms with E-state index in [9.17, 15) is 0 Å². The van der Waals surface area contributed by atoms with Crippen LogP contribution in [0.2, 0.25) is 0 Å². The first-order valence-corrected chi connectivity index (χ1v) is 7.56. The van der Waals surface area contributed by atoms with Gasteiger partial charge in [-0.05, 0) is 41.8 Å². The van der Waals surface area contributed by atoms with Crippen LogP contribution in [0.1, 0.15) is 20.8 Å². The van der Waals surface area contributed by atoms with Gasteiger partial charge in [0.05, 0.1) is 0 Å². The molecule has 0 saturated carbocycles. The molecule has 0 fully saturated rings. The molecular weight excluding hydrogens is 250 g/mol. The van der Waals surface area contributed by atoms with Crippen molar-refractivity contribution in [2.45, 2.75) is 25.7 Å². The highest BCUT2D eigenvalue weighted by atomic mass is 32.2. The number of hydrogen-bond acceptors (Lipinski definition) is 2. The van der Waals surface area contributed by atoms with Crippen LogP contribution in [0.4, 0.5) is 11.4 Å². The summed E-state index contributed by atoms with van der Waals surface area (Å²) in [5.74, 6) is 1.14. The second-order valence-electron chi connectivity index (χ2n) is 5.86. The van der Waals surface area contributed by atoms with E-state index in [0.717, 1.165) is 17.1 Å². The first-order chi connectivity index (χ1) is 9.03. The van der Waals surface area contributed by atoms with Crippen molar-refractivity contribution in [1.29, 1.82) is 0 Å². The Morgan fingerprint density at radius 2 is 1.42 bits per heavy atom. The van der Waals surface area contributed by atoms with Gasteiger partial charge < -0.3 is 5.32 Å². The second-order valence-corrected chi connectivity index (χ2v) is 6.91. The van der Waals surface area contributed by atoms with E-state index in [2.05, 4.69) is 62.5 Å². The van der Waals surface area contributed by atoms with Crippen molar-refractivity contribution < 1.29 is 0 Å². The largest absolute Gasteiger partial charge is 0.356 e. The minimum absolute atomic E-state index is 0.367. The summed E-state index contributed by atoms with van der Waals surface area (Å²) in [6, 6.07) is 18.9. The molecule has 19 heavy (non-hydrogen) atoms. The molecule has 2 heteroatoms. The number of anilines is 2. The van der Waals surface area contributed by atoms with E-state index in [4.69, 9.17) is 0 Å². The molecule has 0 radical (unpaired) electrons. The Kier molecular flexibility index (Phi) is 4.54. The van der Waals surface area contributed by atoms with E-state index in [0.29, 0.717) is 5.41 Å². The third kappa shape index (κ3) is 4.99. The van der Waals surface area contributed by atoms with Gasteiger partial charge in [-0.3, -0.25) is 0 Å². The first-order valence-electron chi connectivity index (χ1n) is 6.58. The van der Waals surface area contributed by atoms with Gasteiger partial charge in [-0.1, -0.05) is 39.0 Å². The van der Waals surface area contributed by atoms with Gasteiger partial charge in [0, 0.05) is 22.0 Å². The van der Waals surface area contributed by atoms with Crippen molar-refractivity contribution in [2.75, 3.05) is 11.1 Å². The van der Waals surface area contributed by atoms with E-state index in [1.54, 1.807) is 0 Å². The van der Waals surface area contributed by atoms with Gasteiger partial charge in [0.25, 0.3) is 0 Å². The Bertz CT molecular complexity index is 497. The zero-order chi connectivity index (χ0) is 13.7. The third-order valence-corrected chi connectivity index (χ3v) is 4.20. The van der Waals surface area contributed by atoms with E-state index in [1.165, 1.54) is 4.90 Å². The predicted octanol–water partition coefficient (Wildman–Crippen LogP) is 5.57. The average Bonchev–Trinajstić information content (AvgIpc) is 2.38. The van der Waals surface area contributed by atoms with Crippen LogP contribution < -0.4 is 5.32 Å². The van der Waals surface area contributed by atoms with Crippen LogP contribution in [-0.4, -0.2) is 5.75 Å². The molecule has 0 aromatic heterocycles. The fraction of sp³-hybridized carbons (Fsp3) is 0.294. The Labute approximate surface area is 120 Å². The fourth-order valence-corrected chi connectivity index (χ4v) is 2.55. The van der Waals surface area contributed by atoms with Crippen LogP contribution in [0.3, 0.4) is 0 Å². The molecule has 100 valence electrons. The lowest BCUT2D eigenvalue weighted by atomic mass is 10.0. The highest BCUT2D eigenvalue weighted by molar-refractivity contribution is 7.99. The smallest absolute Gasteiger partial charge is 0.0385 e. The van der Waals surface area contributed by atoms with Gasteiger partial charge in [-0.2, -0.15) is 0 Å². The maximum absolute atomic E-state index is 3.39. The Hall–Kier alpha value is -1.41. The zero-order valence-corrected chi connectivity index (χ0v) is 12.6. The predicted molar refractivity (Wildman–Crippen MR) is 86.3 cm³/mol. The van der Waals surface area contributed by atoms with Crippen LogP contribution in [0.5, 0.6) is 0 Å². The lowest BCUT2D eigenvalue weighted by Crippen LogP contribution is -2.07. The molecule has 0 amide bonds. The molecule has 2 rings (SSSR count). The van der Waals surface area contributed by atoms with Crippen molar-refractivity contribution >= 4 is 23.1 Å². The molecule has 0 spiro atoms. The highest BCUT2D eigenvalue weighted by Crippen LogP contribution is 2.28. The lowest BCUT2D eigenvalue weighted by molar-refractivity contribution is 0.481. The maximum atomic E-state index is 3.39. The molecule has 0 atom stereocenters. The summed E-state index contributed by atoms with van der Waals surface area (Å²) in [6.07, 6.45) is 0.